The van der Waals surface area contributed by atoms with Crippen molar-refractivity contribution in [1.29, 1.82) is 0 Å². The SMILES string of the molecule is CC(NCc1ccccc1COCc1ccccc1)c1ncnn1C. The lowest BCUT2D eigenvalue weighted by Gasteiger charge is -2.15. The van der Waals surface area contributed by atoms with E-state index in [1.54, 1.807) is 11.0 Å². The molecule has 0 fully saturated rings. The number of ether oxygens (including phenoxy) is 1. The van der Waals surface area contributed by atoms with Crippen molar-refractivity contribution in [2.75, 3.05) is 0 Å². The van der Waals surface area contributed by atoms with Gasteiger partial charge in [0.15, 0.2) is 0 Å². The van der Waals surface area contributed by atoms with Gasteiger partial charge in [-0.05, 0) is 23.6 Å². The van der Waals surface area contributed by atoms with Gasteiger partial charge < -0.3 is 10.1 Å². The third-order valence-electron chi connectivity index (χ3n) is 4.22. The lowest BCUT2D eigenvalue weighted by atomic mass is 10.1. The molecule has 25 heavy (non-hydrogen) atoms. The van der Waals surface area contributed by atoms with Gasteiger partial charge in [0, 0.05) is 13.6 Å². The van der Waals surface area contributed by atoms with Crippen LogP contribution in [0.2, 0.25) is 0 Å². The second kappa shape index (κ2) is 8.55. The Morgan fingerprint density at radius 1 is 1.00 bits per heavy atom. The third kappa shape index (κ3) is 4.75. The van der Waals surface area contributed by atoms with Crippen molar-refractivity contribution in [1.82, 2.24) is 20.1 Å². The lowest BCUT2D eigenvalue weighted by molar-refractivity contribution is 0.106. The molecule has 3 aromatic rings. The molecule has 1 heterocycles. The first-order valence-electron chi connectivity index (χ1n) is 8.50. The zero-order chi connectivity index (χ0) is 17.5. The topological polar surface area (TPSA) is 52.0 Å². The summed E-state index contributed by atoms with van der Waals surface area (Å²) in [4.78, 5) is 4.30. The summed E-state index contributed by atoms with van der Waals surface area (Å²) < 4.78 is 7.69. The average molecular weight is 336 g/mol. The minimum absolute atomic E-state index is 0.130. The highest BCUT2D eigenvalue weighted by molar-refractivity contribution is 5.26. The van der Waals surface area contributed by atoms with Crippen LogP contribution in [-0.4, -0.2) is 14.8 Å². The summed E-state index contributed by atoms with van der Waals surface area (Å²) in [6, 6.07) is 18.7. The van der Waals surface area contributed by atoms with Crippen LogP contribution < -0.4 is 5.32 Å². The summed E-state index contributed by atoms with van der Waals surface area (Å²) in [5.41, 5.74) is 3.63. The van der Waals surface area contributed by atoms with Crippen molar-refractivity contribution in [3.05, 3.63) is 83.4 Å². The fourth-order valence-electron chi connectivity index (χ4n) is 2.78. The maximum absolute atomic E-state index is 5.89. The van der Waals surface area contributed by atoms with Crippen molar-refractivity contribution < 1.29 is 4.74 Å². The summed E-state index contributed by atoms with van der Waals surface area (Å²) in [5.74, 6) is 0.929. The molecule has 0 spiro atoms. The maximum atomic E-state index is 5.89. The van der Waals surface area contributed by atoms with E-state index in [-0.39, 0.29) is 6.04 Å². The van der Waals surface area contributed by atoms with E-state index in [9.17, 15) is 0 Å². The number of aryl methyl sites for hydroxylation is 1. The first-order chi connectivity index (χ1) is 12.2. The van der Waals surface area contributed by atoms with Gasteiger partial charge >= 0.3 is 0 Å². The molecule has 2 aromatic carbocycles. The van der Waals surface area contributed by atoms with E-state index in [4.69, 9.17) is 4.74 Å². The second-order valence-corrected chi connectivity index (χ2v) is 6.09. The van der Waals surface area contributed by atoms with Gasteiger partial charge in [0.2, 0.25) is 0 Å². The molecule has 0 aliphatic carbocycles. The highest BCUT2D eigenvalue weighted by Crippen LogP contribution is 2.14. The van der Waals surface area contributed by atoms with Gasteiger partial charge in [-0.3, -0.25) is 4.68 Å². The van der Waals surface area contributed by atoms with E-state index < -0.39 is 0 Å². The van der Waals surface area contributed by atoms with Gasteiger partial charge in [-0.25, -0.2) is 4.98 Å². The van der Waals surface area contributed by atoms with Gasteiger partial charge in [0.05, 0.1) is 19.3 Å². The standard InChI is InChI=1S/C20H24N4O/c1-16(20-22-15-23-24(20)2)21-12-18-10-6-7-11-19(18)14-25-13-17-8-4-3-5-9-17/h3-11,15-16,21H,12-14H2,1-2H3. The third-order valence-corrected chi connectivity index (χ3v) is 4.22. The van der Waals surface area contributed by atoms with Crippen LogP contribution in [0.1, 0.15) is 35.5 Å². The Kier molecular flexibility index (Phi) is 5.93. The largest absolute Gasteiger partial charge is 0.372 e. The van der Waals surface area contributed by atoms with Crippen LogP contribution in [0.4, 0.5) is 0 Å². The molecule has 1 atom stereocenters. The molecule has 0 amide bonds. The zero-order valence-corrected chi connectivity index (χ0v) is 14.7. The predicted molar refractivity (Wildman–Crippen MR) is 97.6 cm³/mol. The van der Waals surface area contributed by atoms with E-state index in [1.807, 2.05) is 25.2 Å². The quantitative estimate of drug-likeness (QED) is 0.685. The molecule has 0 radical (unpaired) electrons. The number of hydrogen-bond donors (Lipinski definition) is 1. The molecular formula is C20H24N4O. The summed E-state index contributed by atoms with van der Waals surface area (Å²) >= 11 is 0. The monoisotopic (exact) mass is 336 g/mol. The fourth-order valence-corrected chi connectivity index (χ4v) is 2.78. The van der Waals surface area contributed by atoms with Crippen LogP contribution in [0.25, 0.3) is 0 Å². The Bertz CT molecular complexity index is 785. The van der Waals surface area contributed by atoms with Gasteiger partial charge in [0.25, 0.3) is 0 Å². The van der Waals surface area contributed by atoms with Crippen LogP contribution in [0, 0.1) is 0 Å². The molecule has 1 N–H and O–H groups in total. The first-order valence-corrected chi connectivity index (χ1v) is 8.50. The Morgan fingerprint density at radius 2 is 1.72 bits per heavy atom. The number of rotatable bonds is 8. The van der Waals surface area contributed by atoms with Gasteiger partial charge in [0.1, 0.15) is 12.2 Å². The summed E-state index contributed by atoms with van der Waals surface area (Å²) in [5, 5.41) is 7.64. The summed E-state index contributed by atoms with van der Waals surface area (Å²) in [6.07, 6.45) is 1.58. The molecule has 0 aliphatic heterocycles. The number of nitrogens with zero attached hydrogens (tertiary/aromatic N) is 3. The molecule has 3 rings (SSSR count). The number of benzene rings is 2. The van der Waals surface area contributed by atoms with Crippen molar-refractivity contribution in [3.63, 3.8) is 0 Å². The number of nitrogens with one attached hydrogen (secondary N) is 1. The molecule has 1 aromatic heterocycles. The van der Waals surface area contributed by atoms with E-state index >= 15 is 0 Å². The minimum Gasteiger partial charge on any atom is -0.372 e. The predicted octanol–water partition coefficient (Wildman–Crippen LogP) is 3.38. The van der Waals surface area contributed by atoms with E-state index in [0.29, 0.717) is 13.2 Å². The van der Waals surface area contributed by atoms with Crippen molar-refractivity contribution >= 4 is 0 Å². The molecule has 130 valence electrons. The molecule has 0 bridgehead atoms. The van der Waals surface area contributed by atoms with Crippen LogP contribution in [-0.2, 0) is 31.5 Å². The maximum Gasteiger partial charge on any atom is 0.143 e. The molecule has 5 heteroatoms. The molecule has 0 aliphatic rings. The minimum atomic E-state index is 0.130. The summed E-state index contributed by atoms with van der Waals surface area (Å²) in [7, 11) is 1.91. The second-order valence-electron chi connectivity index (χ2n) is 6.09. The highest BCUT2D eigenvalue weighted by atomic mass is 16.5. The van der Waals surface area contributed by atoms with Crippen LogP contribution >= 0.6 is 0 Å². The molecular weight excluding hydrogens is 312 g/mol. The van der Waals surface area contributed by atoms with Crippen LogP contribution in [0.15, 0.2) is 60.9 Å². The van der Waals surface area contributed by atoms with E-state index in [2.05, 4.69) is 58.7 Å². The average Bonchev–Trinajstić information content (AvgIpc) is 3.07. The Balaban J connectivity index is 1.56. The molecule has 1 unspecified atom stereocenters. The first kappa shape index (κ1) is 17.3. The normalized spacial score (nSPS) is 12.2. The Hall–Kier alpha value is -2.50. The highest BCUT2D eigenvalue weighted by Gasteiger charge is 2.11. The summed E-state index contributed by atoms with van der Waals surface area (Å²) in [6.45, 7) is 4.08. The van der Waals surface area contributed by atoms with Gasteiger partial charge in [-0.15, -0.1) is 0 Å². The van der Waals surface area contributed by atoms with E-state index in [0.717, 1.165) is 12.4 Å². The van der Waals surface area contributed by atoms with Crippen LogP contribution in [0.5, 0.6) is 0 Å². The Morgan fingerprint density at radius 3 is 2.44 bits per heavy atom. The fraction of sp³-hybridized carbons (Fsp3) is 0.300. The Labute approximate surface area is 148 Å². The smallest absolute Gasteiger partial charge is 0.143 e. The molecule has 0 saturated carbocycles. The number of aromatic nitrogens is 3. The molecule has 0 saturated heterocycles. The molecule has 5 nitrogen and oxygen atoms in total. The van der Waals surface area contributed by atoms with E-state index in [1.165, 1.54) is 16.7 Å². The van der Waals surface area contributed by atoms with Crippen molar-refractivity contribution in [2.45, 2.75) is 32.7 Å². The van der Waals surface area contributed by atoms with Gasteiger partial charge in [-0.2, -0.15) is 5.10 Å². The zero-order valence-electron chi connectivity index (χ0n) is 14.7. The lowest BCUT2D eigenvalue weighted by Crippen LogP contribution is -2.22. The van der Waals surface area contributed by atoms with Crippen molar-refractivity contribution in [2.24, 2.45) is 7.05 Å². The van der Waals surface area contributed by atoms with Gasteiger partial charge in [-0.1, -0.05) is 54.6 Å². The van der Waals surface area contributed by atoms with Crippen molar-refractivity contribution in [3.8, 4) is 0 Å². The number of hydrogen-bond acceptors (Lipinski definition) is 4. The van der Waals surface area contributed by atoms with Crippen LogP contribution in [0.3, 0.4) is 0 Å².